The van der Waals surface area contributed by atoms with Crippen molar-refractivity contribution in [3.8, 4) is 0 Å². The first-order valence-electron chi connectivity index (χ1n) is 7.52. The van der Waals surface area contributed by atoms with E-state index in [0.29, 0.717) is 0 Å². The number of benzene rings is 2. The molecule has 1 nitrogen and oxygen atoms in total. The topological polar surface area (TPSA) is 9.23 Å². The molecule has 0 unspecified atom stereocenters. The first-order chi connectivity index (χ1) is 10.4. The Bertz CT molecular complexity index is 567. The molecule has 108 valence electrons. The zero-order valence-electron chi connectivity index (χ0n) is 12.5. The van der Waals surface area contributed by atoms with Gasteiger partial charge in [-0.1, -0.05) is 86.2 Å². The van der Waals surface area contributed by atoms with Gasteiger partial charge in [-0.3, -0.25) is 0 Å². The minimum atomic E-state index is 0.760. The number of allylic oxidation sites excluding steroid dienone is 2. The van der Waals surface area contributed by atoms with Crippen LogP contribution in [-0.4, -0.2) is 6.61 Å². The first kappa shape index (κ1) is 15.1. The highest BCUT2D eigenvalue weighted by atomic mass is 16.5. The van der Waals surface area contributed by atoms with Crippen LogP contribution in [0.4, 0.5) is 0 Å². The van der Waals surface area contributed by atoms with E-state index in [-0.39, 0.29) is 0 Å². The Morgan fingerprint density at radius 2 is 1.62 bits per heavy atom. The second kappa shape index (κ2) is 8.80. The molecule has 0 aliphatic rings. The van der Waals surface area contributed by atoms with Crippen molar-refractivity contribution in [2.45, 2.75) is 19.8 Å². The second-order valence-corrected chi connectivity index (χ2v) is 4.87. The zero-order chi connectivity index (χ0) is 14.8. The van der Waals surface area contributed by atoms with E-state index in [4.69, 9.17) is 4.74 Å². The fourth-order valence-corrected chi connectivity index (χ4v) is 1.97. The molecule has 0 radical (unpaired) electrons. The summed E-state index contributed by atoms with van der Waals surface area (Å²) in [6.07, 6.45) is 8.39. The third kappa shape index (κ3) is 5.31. The summed E-state index contributed by atoms with van der Waals surface area (Å²) in [6, 6.07) is 20.5. The van der Waals surface area contributed by atoms with E-state index in [1.54, 1.807) is 0 Å². The van der Waals surface area contributed by atoms with Crippen molar-refractivity contribution < 1.29 is 4.74 Å². The normalized spacial score (nSPS) is 11.8. The number of hydrogen-bond acceptors (Lipinski definition) is 1. The Kier molecular flexibility index (Phi) is 6.34. The maximum atomic E-state index is 5.92. The zero-order valence-corrected chi connectivity index (χ0v) is 12.5. The van der Waals surface area contributed by atoms with Crippen molar-refractivity contribution in [3.05, 3.63) is 83.9 Å². The van der Waals surface area contributed by atoms with E-state index in [2.05, 4.69) is 37.3 Å². The van der Waals surface area contributed by atoms with Crippen molar-refractivity contribution in [2.75, 3.05) is 6.61 Å². The average molecular weight is 278 g/mol. The van der Waals surface area contributed by atoms with Gasteiger partial charge in [-0.05, 0) is 18.1 Å². The molecule has 2 aromatic carbocycles. The molecule has 0 N–H and O–H groups in total. The van der Waals surface area contributed by atoms with Gasteiger partial charge in [0, 0.05) is 5.56 Å². The van der Waals surface area contributed by atoms with Crippen LogP contribution in [0.5, 0.6) is 0 Å². The number of hydrogen-bond donors (Lipinski definition) is 0. The highest BCUT2D eigenvalue weighted by molar-refractivity contribution is 5.64. The van der Waals surface area contributed by atoms with Crippen molar-refractivity contribution in [1.29, 1.82) is 0 Å². The first-order valence-corrected chi connectivity index (χ1v) is 7.52. The summed E-state index contributed by atoms with van der Waals surface area (Å²) in [5, 5.41) is 0. The summed E-state index contributed by atoms with van der Waals surface area (Å²) in [5.74, 6) is 0.927. The van der Waals surface area contributed by atoms with Crippen molar-refractivity contribution in [3.63, 3.8) is 0 Å². The molecular formula is C20H22O. The minimum Gasteiger partial charge on any atom is -0.493 e. The lowest BCUT2D eigenvalue weighted by Gasteiger charge is -2.09. The third-order valence-electron chi connectivity index (χ3n) is 3.15. The number of unbranched alkanes of at least 4 members (excludes halogenated alkanes) is 1. The van der Waals surface area contributed by atoms with E-state index in [9.17, 15) is 0 Å². The number of ether oxygens (including phenoxy) is 1. The van der Waals surface area contributed by atoms with Gasteiger partial charge in [0.15, 0.2) is 0 Å². The molecular weight excluding hydrogens is 256 g/mol. The molecule has 0 fully saturated rings. The summed E-state index contributed by atoms with van der Waals surface area (Å²) in [7, 11) is 0. The molecule has 0 aliphatic heterocycles. The molecule has 1 heteroatoms. The van der Waals surface area contributed by atoms with Gasteiger partial charge in [0.2, 0.25) is 0 Å². The van der Waals surface area contributed by atoms with Gasteiger partial charge in [-0.2, -0.15) is 0 Å². The summed E-state index contributed by atoms with van der Waals surface area (Å²) < 4.78 is 5.92. The Balaban J connectivity index is 2.11. The van der Waals surface area contributed by atoms with Crippen LogP contribution in [0.3, 0.4) is 0 Å². The van der Waals surface area contributed by atoms with Gasteiger partial charge >= 0.3 is 0 Å². The van der Waals surface area contributed by atoms with Crippen LogP contribution < -0.4 is 0 Å². The molecule has 0 spiro atoms. The molecule has 0 amide bonds. The highest BCUT2D eigenvalue weighted by Gasteiger charge is 2.00. The van der Waals surface area contributed by atoms with Crippen LogP contribution >= 0.6 is 0 Å². The van der Waals surface area contributed by atoms with E-state index < -0.39 is 0 Å². The van der Waals surface area contributed by atoms with Crippen LogP contribution in [0, 0.1) is 0 Å². The average Bonchev–Trinajstić information content (AvgIpc) is 2.55. The smallest absolute Gasteiger partial charge is 0.126 e. The molecule has 2 rings (SSSR count). The third-order valence-corrected chi connectivity index (χ3v) is 3.15. The molecule has 21 heavy (non-hydrogen) atoms. The Morgan fingerprint density at radius 1 is 0.952 bits per heavy atom. The molecule has 0 aliphatic carbocycles. The molecule has 0 saturated heterocycles. The van der Waals surface area contributed by atoms with E-state index in [1.165, 1.54) is 5.56 Å². The van der Waals surface area contributed by atoms with Gasteiger partial charge in [-0.25, -0.2) is 0 Å². The van der Waals surface area contributed by atoms with Crippen LogP contribution in [0.25, 0.3) is 11.8 Å². The van der Waals surface area contributed by atoms with Crippen molar-refractivity contribution in [2.24, 2.45) is 0 Å². The van der Waals surface area contributed by atoms with Crippen LogP contribution in [0.15, 0.2) is 72.8 Å². The Labute approximate surface area is 127 Å². The SMILES string of the molecule is CCCCO/C(=C/C=C/c1ccccc1)c1ccccc1. The van der Waals surface area contributed by atoms with Gasteiger partial charge in [0.05, 0.1) is 6.61 Å². The summed E-state index contributed by atoms with van der Waals surface area (Å²) in [6.45, 7) is 2.93. The molecule has 0 bridgehead atoms. The van der Waals surface area contributed by atoms with Crippen LogP contribution in [-0.2, 0) is 4.74 Å². The minimum absolute atomic E-state index is 0.760. The fraction of sp³-hybridized carbons (Fsp3) is 0.200. The molecule has 0 saturated carbocycles. The van der Waals surface area contributed by atoms with E-state index in [1.807, 2.05) is 48.6 Å². The van der Waals surface area contributed by atoms with Crippen LogP contribution in [0.1, 0.15) is 30.9 Å². The van der Waals surface area contributed by atoms with Gasteiger partial charge in [0.25, 0.3) is 0 Å². The molecule has 0 aromatic heterocycles. The van der Waals surface area contributed by atoms with Gasteiger partial charge in [-0.15, -0.1) is 0 Å². The highest BCUT2D eigenvalue weighted by Crippen LogP contribution is 2.16. The van der Waals surface area contributed by atoms with Crippen molar-refractivity contribution >= 4 is 11.8 Å². The van der Waals surface area contributed by atoms with Gasteiger partial charge in [0.1, 0.15) is 5.76 Å². The Morgan fingerprint density at radius 3 is 2.29 bits per heavy atom. The predicted octanol–water partition coefficient (Wildman–Crippen LogP) is 5.56. The fourth-order valence-electron chi connectivity index (χ4n) is 1.97. The Hall–Kier alpha value is -2.28. The quantitative estimate of drug-likeness (QED) is 0.366. The summed E-state index contributed by atoms with van der Waals surface area (Å²) in [4.78, 5) is 0. The summed E-state index contributed by atoms with van der Waals surface area (Å²) >= 11 is 0. The van der Waals surface area contributed by atoms with E-state index in [0.717, 1.165) is 30.8 Å². The largest absolute Gasteiger partial charge is 0.493 e. The lowest BCUT2D eigenvalue weighted by molar-refractivity contribution is 0.270. The lowest BCUT2D eigenvalue weighted by Crippen LogP contribution is -1.94. The predicted molar refractivity (Wildman–Crippen MR) is 90.8 cm³/mol. The van der Waals surface area contributed by atoms with Crippen molar-refractivity contribution in [1.82, 2.24) is 0 Å². The monoisotopic (exact) mass is 278 g/mol. The molecule has 2 aromatic rings. The maximum Gasteiger partial charge on any atom is 0.126 e. The maximum absolute atomic E-state index is 5.92. The molecule has 0 atom stereocenters. The summed E-state index contributed by atoms with van der Waals surface area (Å²) in [5.41, 5.74) is 2.31. The van der Waals surface area contributed by atoms with Crippen LogP contribution in [0.2, 0.25) is 0 Å². The second-order valence-electron chi connectivity index (χ2n) is 4.87. The molecule has 0 heterocycles. The van der Waals surface area contributed by atoms with E-state index >= 15 is 0 Å². The lowest BCUT2D eigenvalue weighted by atomic mass is 10.1. The van der Waals surface area contributed by atoms with Gasteiger partial charge < -0.3 is 4.74 Å². The standard InChI is InChI=1S/C20H22O/c1-2-3-17-21-20(19-14-8-5-9-15-19)16-10-13-18-11-6-4-7-12-18/h4-16H,2-3,17H2,1H3/b13-10+,20-16+. The number of rotatable bonds is 7.